The van der Waals surface area contributed by atoms with Gasteiger partial charge in [0.15, 0.2) is 6.10 Å². The molecule has 0 aromatic heterocycles. The molecule has 0 spiro atoms. The van der Waals surface area contributed by atoms with Gasteiger partial charge in [-0.05, 0) is 70.6 Å². The Hall–Kier alpha value is -1.99. The first-order valence-electron chi connectivity index (χ1n) is 19.9. The van der Waals surface area contributed by atoms with Crippen LogP contribution in [-0.2, 0) is 28.2 Å². The van der Waals surface area contributed by atoms with E-state index in [9.17, 15) is 14.2 Å². The zero-order valence-corrected chi connectivity index (χ0v) is 32.7. The molecule has 0 aromatic rings. The Kier molecular flexibility index (Phi) is 35.3. The van der Waals surface area contributed by atoms with Crippen LogP contribution in [0.3, 0.4) is 0 Å². The topological polar surface area (TPSA) is 119 Å². The fourth-order valence-electron chi connectivity index (χ4n) is 5.32. The third kappa shape index (κ3) is 38.8. The molecule has 0 aliphatic heterocycles. The van der Waals surface area contributed by atoms with Crippen molar-refractivity contribution in [2.75, 3.05) is 13.2 Å². The maximum absolute atomic E-state index is 12.4. The van der Waals surface area contributed by atoms with Gasteiger partial charge >= 0.3 is 19.8 Å². The molecule has 0 aliphatic rings. The van der Waals surface area contributed by atoms with Crippen LogP contribution in [0.1, 0.15) is 181 Å². The molecular weight excluding hydrogens is 651 g/mol. The van der Waals surface area contributed by atoms with Crippen molar-refractivity contribution in [3.8, 4) is 0 Å². The molecule has 0 radical (unpaired) electrons. The highest BCUT2D eigenvalue weighted by Crippen LogP contribution is 2.36. The maximum Gasteiger partial charge on any atom is 0.469 e. The quantitative estimate of drug-likeness (QED) is 0.0284. The van der Waals surface area contributed by atoms with E-state index in [4.69, 9.17) is 19.3 Å². The molecule has 0 heterocycles. The number of rotatable bonds is 36. The van der Waals surface area contributed by atoms with E-state index in [2.05, 4.69) is 60.9 Å². The highest BCUT2D eigenvalue weighted by Gasteiger charge is 2.22. The van der Waals surface area contributed by atoms with Crippen molar-refractivity contribution >= 4 is 19.8 Å². The van der Waals surface area contributed by atoms with Gasteiger partial charge in [-0.15, -0.1) is 0 Å². The fraction of sp³-hybridized carbons (Fsp3) is 0.756. The lowest BCUT2D eigenvalue weighted by atomic mass is 10.1. The predicted molar refractivity (Wildman–Crippen MR) is 207 cm³/mol. The zero-order chi connectivity index (χ0) is 36.8. The SMILES string of the molecule is CCCCCCCC/C=C/C/C=C/C/C=C/CCCC(=O)OC[C@H](COP(=O)(O)O)OC(=O)CCCCC/C=C/CCCCCCCCCC. The molecule has 50 heavy (non-hydrogen) atoms. The molecule has 0 unspecified atom stereocenters. The number of hydrogen-bond donors (Lipinski definition) is 2. The summed E-state index contributed by atoms with van der Waals surface area (Å²) in [4.78, 5) is 42.7. The molecule has 2 N–H and O–H groups in total. The molecule has 0 bridgehead atoms. The highest BCUT2D eigenvalue weighted by atomic mass is 31.2. The van der Waals surface area contributed by atoms with Gasteiger partial charge in [-0.25, -0.2) is 4.57 Å². The molecule has 0 aromatic carbocycles. The molecule has 290 valence electrons. The van der Waals surface area contributed by atoms with Crippen LogP contribution < -0.4 is 0 Å². The summed E-state index contributed by atoms with van der Waals surface area (Å²) in [6.07, 6.45) is 44.1. The zero-order valence-electron chi connectivity index (χ0n) is 31.8. The van der Waals surface area contributed by atoms with Crippen LogP contribution >= 0.6 is 7.82 Å². The van der Waals surface area contributed by atoms with Crippen molar-refractivity contribution in [1.82, 2.24) is 0 Å². The van der Waals surface area contributed by atoms with E-state index in [-0.39, 0.29) is 19.4 Å². The minimum Gasteiger partial charge on any atom is -0.462 e. The smallest absolute Gasteiger partial charge is 0.462 e. The number of carbonyl (C=O) groups excluding carboxylic acids is 2. The molecule has 1 atom stereocenters. The van der Waals surface area contributed by atoms with Crippen LogP contribution in [0.4, 0.5) is 0 Å². The summed E-state index contributed by atoms with van der Waals surface area (Å²) >= 11 is 0. The second kappa shape index (κ2) is 36.8. The van der Waals surface area contributed by atoms with Gasteiger partial charge in [-0.1, -0.05) is 146 Å². The van der Waals surface area contributed by atoms with Crippen LogP contribution in [0.2, 0.25) is 0 Å². The van der Waals surface area contributed by atoms with Crippen molar-refractivity contribution in [2.45, 2.75) is 187 Å². The summed E-state index contributed by atoms with van der Waals surface area (Å²) < 4.78 is 26.3. The number of phosphoric ester groups is 1. The van der Waals surface area contributed by atoms with E-state index in [0.29, 0.717) is 12.8 Å². The number of phosphoric acid groups is 1. The Morgan fingerprint density at radius 1 is 0.520 bits per heavy atom. The van der Waals surface area contributed by atoms with Gasteiger partial charge in [-0.3, -0.25) is 14.1 Å². The number of unbranched alkanes of at least 4 members (excludes halogenated alkanes) is 18. The third-order valence-corrected chi connectivity index (χ3v) is 8.81. The van der Waals surface area contributed by atoms with Crippen LogP contribution in [0.15, 0.2) is 48.6 Å². The Labute approximate surface area is 305 Å². The first-order valence-corrected chi connectivity index (χ1v) is 21.5. The fourth-order valence-corrected chi connectivity index (χ4v) is 5.68. The Morgan fingerprint density at radius 2 is 0.920 bits per heavy atom. The van der Waals surface area contributed by atoms with Crippen molar-refractivity contribution in [3.05, 3.63) is 48.6 Å². The largest absolute Gasteiger partial charge is 0.469 e. The highest BCUT2D eigenvalue weighted by molar-refractivity contribution is 7.46. The number of esters is 2. The second-order valence-electron chi connectivity index (χ2n) is 13.2. The number of allylic oxidation sites excluding steroid dienone is 8. The van der Waals surface area contributed by atoms with Crippen molar-refractivity contribution in [3.63, 3.8) is 0 Å². The third-order valence-electron chi connectivity index (χ3n) is 8.32. The lowest BCUT2D eigenvalue weighted by molar-refractivity contribution is -0.161. The standard InChI is InChI=1S/C41H73O8P/c1-3-5-7-9-11-13-15-17-19-20-22-23-25-27-29-31-33-35-40(42)47-37-39(38-48-50(44,45)46)49-41(43)36-34-32-30-28-26-24-21-18-16-14-12-10-8-6-4-2/h17,19,22-24,26-27,29,39H,3-16,18,20-21,25,28,30-38H2,1-2H3,(H2,44,45,46)/b19-17+,23-22+,26-24+,29-27+/t39-/m1/s1. The van der Waals surface area contributed by atoms with Crippen molar-refractivity contribution in [1.29, 1.82) is 0 Å². The lowest BCUT2D eigenvalue weighted by Crippen LogP contribution is -2.29. The van der Waals surface area contributed by atoms with Crippen molar-refractivity contribution in [2.24, 2.45) is 0 Å². The molecule has 0 aliphatic carbocycles. The van der Waals surface area contributed by atoms with E-state index in [1.54, 1.807) is 0 Å². The number of carbonyl (C=O) groups is 2. The predicted octanol–water partition coefficient (Wildman–Crippen LogP) is 12.0. The van der Waals surface area contributed by atoms with E-state index in [1.165, 1.54) is 89.9 Å². The minimum absolute atomic E-state index is 0.180. The molecule has 0 saturated carbocycles. The van der Waals surface area contributed by atoms with Crippen LogP contribution in [0.5, 0.6) is 0 Å². The van der Waals surface area contributed by atoms with E-state index in [0.717, 1.165) is 51.4 Å². The monoisotopic (exact) mass is 725 g/mol. The van der Waals surface area contributed by atoms with Gasteiger partial charge in [0.2, 0.25) is 0 Å². The first-order chi connectivity index (χ1) is 24.3. The molecule has 8 nitrogen and oxygen atoms in total. The maximum atomic E-state index is 12.4. The molecule has 9 heteroatoms. The van der Waals surface area contributed by atoms with Gasteiger partial charge in [0.25, 0.3) is 0 Å². The lowest BCUT2D eigenvalue weighted by Gasteiger charge is -2.18. The second-order valence-corrected chi connectivity index (χ2v) is 14.5. The molecule has 0 saturated heterocycles. The van der Waals surface area contributed by atoms with Crippen LogP contribution in [0, 0.1) is 0 Å². The van der Waals surface area contributed by atoms with Crippen molar-refractivity contribution < 1.29 is 37.9 Å². The number of ether oxygens (including phenoxy) is 2. The molecule has 0 fully saturated rings. The van der Waals surface area contributed by atoms with E-state index >= 15 is 0 Å². The minimum atomic E-state index is -4.77. The molecular formula is C41H73O8P. The van der Waals surface area contributed by atoms with Gasteiger partial charge in [0, 0.05) is 12.8 Å². The molecule has 0 amide bonds. The molecule has 0 rings (SSSR count). The summed E-state index contributed by atoms with van der Waals surface area (Å²) in [5.74, 6) is -0.965. The average Bonchev–Trinajstić information content (AvgIpc) is 3.08. The van der Waals surface area contributed by atoms with Gasteiger partial charge in [-0.2, -0.15) is 0 Å². The summed E-state index contributed by atoms with van der Waals surface area (Å²) in [7, 11) is -4.77. The van der Waals surface area contributed by atoms with Crippen LogP contribution in [-0.4, -0.2) is 41.0 Å². The summed E-state index contributed by atoms with van der Waals surface area (Å²) in [5.41, 5.74) is 0. The van der Waals surface area contributed by atoms with E-state index in [1.807, 2.05) is 6.08 Å². The Morgan fingerprint density at radius 3 is 1.42 bits per heavy atom. The Balaban J connectivity index is 4.06. The summed E-state index contributed by atoms with van der Waals surface area (Å²) in [6.45, 7) is 3.61. The normalized spacial score (nSPS) is 13.0. The van der Waals surface area contributed by atoms with Gasteiger partial charge in [0.1, 0.15) is 6.61 Å². The Bertz CT molecular complexity index is 952. The summed E-state index contributed by atoms with van der Waals surface area (Å²) in [5, 5.41) is 0. The van der Waals surface area contributed by atoms with Gasteiger partial charge < -0.3 is 19.3 Å². The first kappa shape index (κ1) is 48.0. The van der Waals surface area contributed by atoms with Gasteiger partial charge in [0.05, 0.1) is 6.61 Å². The number of hydrogen-bond acceptors (Lipinski definition) is 6. The van der Waals surface area contributed by atoms with Crippen LogP contribution in [0.25, 0.3) is 0 Å². The van der Waals surface area contributed by atoms with E-state index < -0.39 is 32.5 Å². The summed E-state index contributed by atoms with van der Waals surface area (Å²) in [6, 6.07) is 0. The average molecular weight is 725 g/mol.